The Morgan fingerprint density at radius 2 is 2.50 bits per heavy atom. The summed E-state index contributed by atoms with van der Waals surface area (Å²) in [6, 6.07) is 0. The quantitative estimate of drug-likeness (QED) is 0.566. The lowest BCUT2D eigenvalue weighted by Gasteiger charge is -1.84. The van der Waals surface area contributed by atoms with Gasteiger partial charge in [0.1, 0.15) is 5.69 Å². The van der Waals surface area contributed by atoms with Crippen molar-refractivity contribution in [3.8, 4) is 0 Å². The van der Waals surface area contributed by atoms with Gasteiger partial charge >= 0.3 is 0 Å². The Morgan fingerprint density at radius 3 is 2.90 bits per heavy atom. The van der Waals surface area contributed by atoms with E-state index in [4.69, 9.17) is 0 Å². The predicted molar refractivity (Wildman–Crippen MR) is 38.0 cm³/mol. The van der Waals surface area contributed by atoms with Gasteiger partial charge < -0.3 is 0 Å². The van der Waals surface area contributed by atoms with Gasteiger partial charge in [-0.25, -0.2) is 0 Å². The zero-order chi connectivity index (χ0) is 7.56. The minimum absolute atomic E-state index is 0.560. The van der Waals surface area contributed by atoms with Crippen LogP contribution in [-0.4, -0.2) is 16.1 Å². The van der Waals surface area contributed by atoms with Crippen LogP contribution in [0.3, 0.4) is 0 Å². The number of nitrogens with zero attached hydrogens (tertiary/aromatic N) is 2. The van der Waals surface area contributed by atoms with Gasteiger partial charge in [0.05, 0.1) is 0 Å². The summed E-state index contributed by atoms with van der Waals surface area (Å²) in [6.45, 7) is 2.00. The molecule has 54 valence electrons. The van der Waals surface area contributed by atoms with Gasteiger partial charge in [-0.2, -0.15) is 5.10 Å². The normalized spacial score (nSPS) is 9.80. The molecule has 0 spiro atoms. The average Bonchev–Trinajstić information content (AvgIpc) is 2.30. The molecule has 0 saturated heterocycles. The number of aromatic nitrogens is 2. The number of carbonyl (C=O) groups is 1. The van der Waals surface area contributed by atoms with E-state index < -0.39 is 0 Å². The maximum atomic E-state index is 10.3. The van der Waals surface area contributed by atoms with Gasteiger partial charge in [-0.05, 0) is 6.42 Å². The lowest BCUT2D eigenvalue weighted by molar-refractivity contribution is 0.111. The summed E-state index contributed by atoms with van der Waals surface area (Å²) in [5.41, 5.74) is 1.57. The Kier molecular flexibility index (Phi) is 1.85. The van der Waals surface area contributed by atoms with Gasteiger partial charge in [0.2, 0.25) is 0 Å². The lowest BCUT2D eigenvalue weighted by atomic mass is 10.2. The van der Waals surface area contributed by atoms with E-state index in [0.29, 0.717) is 5.69 Å². The molecule has 1 heterocycles. The van der Waals surface area contributed by atoms with Gasteiger partial charge in [0.15, 0.2) is 6.29 Å². The van der Waals surface area contributed by atoms with Crippen LogP contribution in [0.1, 0.15) is 23.0 Å². The SMILES string of the molecule is CCc1cn(C)nc1C=O. The van der Waals surface area contributed by atoms with Crippen LogP contribution >= 0.6 is 0 Å². The fraction of sp³-hybridized carbons (Fsp3) is 0.429. The van der Waals surface area contributed by atoms with Crippen LogP contribution in [0, 0.1) is 0 Å². The molecule has 0 aliphatic rings. The molecule has 1 rings (SSSR count). The summed E-state index contributed by atoms with van der Waals surface area (Å²) < 4.78 is 1.66. The molecule has 0 aromatic carbocycles. The third-order valence-corrected chi connectivity index (χ3v) is 1.43. The van der Waals surface area contributed by atoms with E-state index in [1.165, 1.54) is 0 Å². The third kappa shape index (κ3) is 1.07. The monoisotopic (exact) mass is 138 g/mol. The molecular formula is C7H10N2O. The largest absolute Gasteiger partial charge is 0.296 e. The number of aldehydes is 1. The van der Waals surface area contributed by atoms with Crippen LogP contribution in [-0.2, 0) is 13.5 Å². The number of hydrogen-bond acceptors (Lipinski definition) is 2. The highest BCUT2D eigenvalue weighted by Gasteiger charge is 2.02. The Labute approximate surface area is 59.7 Å². The third-order valence-electron chi connectivity index (χ3n) is 1.43. The molecule has 0 radical (unpaired) electrons. The van der Waals surface area contributed by atoms with Crippen molar-refractivity contribution in [2.45, 2.75) is 13.3 Å². The van der Waals surface area contributed by atoms with Gasteiger partial charge in [0, 0.05) is 18.8 Å². The first-order chi connectivity index (χ1) is 4.77. The molecule has 0 aliphatic heterocycles. The summed E-state index contributed by atoms with van der Waals surface area (Å²) in [5, 5.41) is 3.95. The molecule has 1 aromatic rings. The van der Waals surface area contributed by atoms with E-state index >= 15 is 0 Å². The highest BCUT2D eigenvalue weighted by Crippen LogP contribution is 2.03. The van der Waals surface area contributed by atoms with Crippen molar-refractivity contribution in [3.63, 3.8) is 0 Å². The standard InChI is InChI=1S/C7H10N2O/c1-3-6-4-9(2)8-7(6)5-10/h4-5H,3H2,1-2H3. The second-order valence-electron chi connectivity index (χ2n) is 2.18. The minimum atomic E-state index is 0.560. The molecule has 1 aromatic heterocycles. The molecule has 0 bridgehead atoms. The number of aryl methyl sites for hydroxylation is 2. The highest BCUT2D eigenvalue weighted by molar-refractivity contribution is 5.73. The van der Waals surface area contributed by atoms with Crippen LogP contribution in [0.5, 0.6) is 0 Å². The molecule has 3 heteroatoms. The maximum Gasteiger partial charge on any atom is 0.170 e. The molecule has 0 N–H and O–H groups in total. The van der Waals surface area contributed by atoms with Crippen LogP contribution in [0.2, 0.25) is 0 Å². The van der Waals surface area contributed by atoms with Crippen LogP contribution in [0.15, 0.2) is 6.20 Å². The minimum Gasteiger partial charge on any atom is -0.296 e. The van der Waals surface area contributed by atoms with Crippen LogP contribution < -0.4 is 0 Å². The molecule has 10 heavy (non-hydrogen) atoms. The van der Waals surface area contributed by atoms with E-state index in [2.05, 4.69) is 5.10 Å². The van der Waals surface area contributed by atoms with Crippen molar-refractivity contribution >= 4 is 6.29 Å². The van der Waals surface area contributed by atoms with Crippen molar-refractivity contribution in [2.24, 2.45) is 7.05 Å². The van der Waals surface area contributed by atoms with Gasteiger partial charge in [-0.15, -0.1) is 0 Å². The fourth-order valence-corrected chi connectivity index (χ4v) is 0.926. The lowest BCUT2D eigenvalue weighted by Crippen LogP contribution is -1.89. The first-order valence-corrected chi connectivity index (χ1v) is 3.25. The summed E-state index contributed by atoms with van der Waals surface area (Å²) in [7, 11) is 1.81. The number of rotatable bonds is 2. The maximum absolute atomic E-state index is 10.3. The van der Waals surface area contributed by atoms with Crippen molar-refractivity contribution < 1.29 is 4.79 Å². The van der Waals surface area contributed by atoms with Crippen molar-refractivity contribution in [2.75, 3.05) is 0 Å². The van der Waals surface area contributed by atoms with E-state index in [0.717, 1.165) is 18.3 Å². The zero-order valence-corrected chi connectivity index (χ0v) is 6.16. The molecule has 0 saturated carbocycles. The summed E-state index contributed by atoms with van der Waals surface area (Å²) in [4.78, 5) is 10.3. The first-order valence-electron chi connectivity index (χ1n) is 3.25. The van der Waals surface area contributed by atoms with Gasteiger partial charge in [-0.3, -0.25) is 9.48 Å². The van der Waals surface area contributed by atoms with Crippen molar-refractivity contribution in [3.05, 3.63) is 17.5 Å². The van der Waals surface area contributed by atoms with E-state index in [1.807, 2.05) is 20.2 Å². The molecular weight excluding hydrogens is 128 g/mol. The summed E-state index contributed by atoms with van der Waals surface area (Å²) in [5.74, 6) is 0. The smallest absolute Gasteiger partial charge is 0.170 e. The zero-order valence-electron chi connectivity index (χ0n) is 6.16. The Morgan fingerprint density at radius 1 is 1.80 bits per heavy atom. The molecule has 0 aliphatic carbocycles. The second kappa shape index (κ2) is 2.64. The van der Waals surface area contributed by atoms with E-state index in [9.17, 15) is 4.79 Å². The topological polar surface area (TPSA) is 34.9 Å². The van der Waals surface area contributed by atoms with Crippen LogP contribution in [0.4, 0.5) is 0 Å². The van der Waals surface area contributed by atoms with Gasteiger partial charge in [0.25, 0.3) is 0 Å². The molecule has 0 unspecified atom stereocenters. The van der Waals surface area contributed by atoms with Gasteiger partial charge in [-0.1, -0.05) is 6.92 Å². The van der Waals surface area contributed by atoms with Crippen LogP contribution in [0.25, 0.3) is 0 Å². The van der Waals surface area contributed by atoms with Crippen molar-refractivity contribution in [1.82, 2.24) is 9.78 Å². The summed E-state index contributed by atoms with van der Waals surface area (Å²) >= 11 is 0. The number of hydrogen-bond donors (Lipinski definition) is 0. The van der Waals surface area contributed by atoms with E-state index in [-0.39, 0.29) is 0 Å². The molecule has 0 atom stereocenters. The predicted octanol–water partition coefficient (Wildman–Crippen LogP) is 0.795. The molecule has 3 nitrogen and oxygen atoms in total. The highest BCUT2D eigenvalue weighted by atomic mass is 16.1. The number of carbonyl (C=O) groups excluding carboxylic acids is 1. The first kappa shape index (κ1) is 6.99. The Hall–Kier alpha value is -1.12. The Bertz CT molecular complexity index is 240. The van der Waals surface area contributed by atoms with Crippen molar-refractivity contribution in [1.29, 1.82) is 0 Å². The second-order valence-corrected chi connectivity index (χ2v) is 2.18. The fourth-order valence-electron chi connectivity index (χ4n) is 0.926. The molecule has 0 fully saturated rings. The molecule has 0 amide bonds. The van der Waals surface area contributed by atoms with E-state index in [1.54, 1.807) is 4.68 Å². The average molecular weight is 138 g/mol. The Balaban J connectivity index is 3.08. The summed E-state index contributed by atoms with van der Waals surface area (Å²) in [6.07, 6.45) is 3.52.